The van der Waals surface area contributed by atoms with E-state index in [1.807, 2.05) is 51.1 Å². The van der Waals surface area contributed by atoms with Gasteiger partial charge in [-0.2, -0.15) is 5.10 Å². The predicted molar refractivity (Wildman–Crippen MR) is 109 cm³/mol. The summed E-state index contributed by atoms with van der Waals surface area (Å²) < 4.78 is 30.3. The zero-order valence-corrected chi connectivity index (χ0v) is 17.1. The van der Waals surface area contributed by atoms with Crippen molar-refractivity contribution in [2.75, 3.05) is 4.72 Å². The van der Waals surface area contributed by atoms with Crippen LogP contribution in [0.25, 0.3) is 0 Å². The lowest BCUT2D eigenvalue weighted by Gasteiger charge is -2.18. The molecule has 142 valence electrons. The van der Waals surface area contributed by atoms with Gasteiger partial charge in [0, 0.05) is 16.6 Å². The molecule has 0 fully saturated rings. The van der Waals surface area contributed by atoms with Gasteiger partial charge in [-0.15, -0.1) is 0 Å². The maximum atomic E-state index is 13.0. The molecule has 3 rings (SSSR count). The summed E-state index contributed by atoms with van der Waals surface area (Å²) in [6.07, 6.45) is 1.58. The van der Waals surface area contributed by atoms with E-state index in [0.29, 0.717) is 22.9 Å². The molecule has 2 aromatic carbocycles. The van der Waals surface area contributed by atoms with Gasteiger partial charge in [-0.05, 0) is 23.8 Å². The van der Waals surface area contributed by atoms with E-state index >= 15 is 0 Å². The minimum atomic E-state index is -3.81. The van der Waals surface area contributed by atoms with Crippen molar-refractivity contribution in [3.05, 3.63) is 77.1 Å². The third kappa shape index (κ3) is 4.70. The van der Waals surface area contributed by atoms with Crippen LogP contribution in [-0.2, 0) is 22.0 Å². The zero-order chi connectivity index (χ0) is 19.7. The van der Waals surface area contributed by atoms with Crippen LogP contribution < -0.4 is 4.72 Å². The molecular weight excluding hydrogens is 382 g/mol. The summed E-state index contributed by atoms with van der Waals surface area (Å²) in [4.78, 5) is 0.172. The first-order valence-electron chi connectivity index (χ1n) is 8.55. The van der Waals surface area contributed by atoms with Gasteiger partial charge in [-0.25, -0.2) is 8.42 Å². The molecule has 0 radical (unpaired) electrons. The normalized spacial score (nSPS) is 12.1. The molecule has 0 aliphatic carbocycles. The molecule has 27 heavy (non-hydrogen) atoms. The lowest BCUT2D eigenvalue weighted by Crippen LogP contribution is -2.20. The summed E-state index contributed by atoms with van der Waals surface area (Å²) in [5.41, 5.74) is 1.55. The average Bonchev–Trinajstić information content (AvgIpc) is 3.01. The van der Waals surface area contributed by atoms with Gasteiger partial charge in [0.2, 0.25) is 0 Å². The molecule has 0 aliphatic heterocycles. The Morgan fingerprint density at radius 3 is 2.41 bits per heavy atom. The van der Waals surface area contributed by atoms with E-state index in [-0.39, 0.29) is 4.90 Å². The van der Waals surface area contributed by atoms with E-state index in [4.69, 9.17) is 11.6 Å². The number of hydrogen-bond donors (Lipinski definition) is 1. The Balaban J connectivity index is 1.99. The summed E-state index contributed by atoms with van der Waals surface area (Å²) >= 11 is 5.97. The second-order valence-corrected chi connectivity index (χ2v) is 9.48. The smallest absolute Gasteiger partial charge is 0.265 e. The second kappa shape index (κ2) is 7.37. The topological polar surface area (TPSA) is 64.0 Å². The fourth-order valence-corrected chi connectivity index (χ4v) is 4.33. The summed E-state index contributed by atoms with van der Waals surface area (Å²) in [7, 11) is -3.81. The van der Waals surface area contributed by atoms with Gasteiger partial charge in [-0.1, -0.05) is 68.8 Å². The summed E-state index contributed by atoms with van der Waals surface area (Å²) in [6.45, 7) is 6.33. The third-order valence-corrected chi connectivity index (χ3v) is 5.61. The van der Waals surface area contributed by atoms with Crippen molar-refractivity contribution in [3.63, 3.8) is 0 Å². The first-order valence-corrected chi connectivity index (χ1v) is 10.4. The molecule has 1 N–H and O–H groups in total. The molecule has 1 heterocycles. The van der Waals surface area contributed by atoms with E-state index in [2.05, 4.69) is 9.82 Å². The molecule has 0 spiro atoms. The van der Waals surface area contributed by atoms with Crippen LogP contribution >= 0.6 is 11.6 Å². The molecule has 5 nitrogen and oxygen atoms in total. The minimum Gasteiger partial charge on any atom is -0.279 e. The van der Waals surface area contributed by atoms with Crippen molar-refractivity contribution in [3.8, 4) is 0 Å². The van der Waals surface area contributed by atoms with Crippen LogP contribution in [0, 0.1) is 0 Å². The fourth-order valence-electron chi connectivity index (χ4n) is 2.73. The Hall–Kier alpha value is -2.31. The number of benzene rings is 2. The number of halogens is 1. The lowest BCUT2D eigenvalue weighted by atomic mass is 9.92. The van der Waals surface area contributed by atoms with Crippen LogP contribution in [0.15, 0.2) is 65.7 Å². The SMILES string of the molecule is CC(C)(C)c1nn(Cc2ccccc2)cc1S(=O)(=O)Nc1cccc(Cl)c1. The van der Waals surface area contributed by atoms with Crippen LogP contribution in [0.4, 0.5) is 5.69 Å². The quantitative estimate of drug-likeness (QED) is 0.672. The Labute approximate surface area is 165 Å². The van der Waals surface area contributed by atoms with Crippen LogP contribution in [0.1, 0.15) is 32.0 Å². The van der Waals surface area contributed by atoms with E-state index in [0.717, 1.165) is 5.56 Å². The lowest BCUT2D eigenvalue weighted by molar-refractivity contribution is 0.533. The highest BCUT2D eigenvalue weighted by Crippen LogP contribution is 2.29. The third-order valence-electron chi connectivity index (χ3n) is 3.99. The number of nitrogens with one attached hydrogen (secondary N) is 1. The molecule has 0 amide bonds. The van der Waals surface area contributed by atoms with Crippen LogP contribution in [0.5, 0.6) is 0 Å². The molecule has 0 aliphatic rings. The van der Waals surface area contributed by atoms with Gasteiger partial charge >= 0.3 is 0 Å². The van der Waals surface area contributed by atoms with Crippen molar-refractivity contribution in [2.45, 2.75) is 37.6 Å². The maximum absolute atomic E-state index is 13.0. The maximum Gasteiger partial charge on any atom is 0.265 e. The van der Waals surface area contributed by atoms with Crippen molar-refractivity contribution < 1.29 is 8.42 Å². The predicted octanol–water partition coefficient (Wildman–Crippen LogP) is 4.68. The number of sulfonamides is 1. The molecule has 1 aromatic heterocycles. The van der Waals surface area contributed by atoms with Gasteiger partial charge in [-0.3, -0.25) is 9.40 Å². The van der Waals surface area contributed by atoms with Gasteiger partial charge in [0.15, 0.2) is 0 Å². The molecule has 0 bridgehead atoms. The number of nitrogens with zero attached hydrogens (tertiary/aromatic N) is 2. The Morgan fingerprint density at radius 2 is 1.78 bits per heavy atom. The molecule has 3 aromatic rings. The fraction of sp³-hybridized carbons (Fsp3) is 0.250. The van der Waals surface area contributed by atoms with E-state index < -0.39 is 15.4 Å². The zero-order valence-electron chi connectivity index (χ0n) is 15.5. The standard InChI is InChI=1S/C20H22ClN3O2S/c1-20(2,3)19-18(14-24(22-19)13-15-8-5-4-6-9-15)27(25,26)23-17-11-7-10-16(21)12-17/h4-12,14,23H,13H2,1-3H3. The summed E-state index contributed by atoms with van der Waals surface area (Å²) in [5, 5.41) is 5.04. The molecule has 0 saturated heterocycles. The monoisotopic (exact) mass is 403 g/mol. The van der Waals surface area contributed by atoms with Gasteiger partial charge < -0.3 is 0 Å². The van der Waals surface area contributed by atoms with Crippen LogP contribution in [-0.4, -0.2) is 18.2 Å². The molecule has 0 atom stereocenters. The Bertz CT molecular complexity index is 1040. The van der Waals surface area contributed by atoms with Gasteiger partial charge in [0.25, 0.3) is 10.0 Å². The second-order valence-electron chi connectivity index (χ2n) is 7.39. The highest BCUT2D eigenvalue weighted by atomic mass is 35.5. The van der Waals surface area contributed by atoms with Gasteiger partial charge in [0.05, 0.1) is 17.9 Å². The van der Waals surface area contributed by atoms with Crippen LogP contribution in [0.2, 0.25) is 5.02 Å². The molecule has 7 heteroatoms. The van der Waals surface area contributed by atoms with Crippen LogP contribution in [0.3, 0.4) is 0 Å². The van der Waals surface area contributed by atoms with Gasteiger partial charge in [0.1, 0.15) is 4.90 Å². The Morgan fingerprint density at radius 1 is 1.07 bits per heavy atom. The Kier molecular flexibility index (Phi) is 5.31. The first kappa shape index (κ1) is 19.5. The summed E-state index contributed by atoms with van der Waals surface area (Å²) in [6, 6.07) is 16.4. The van der Waals surface area contributed by atoms with Crippen molar-refractivity contribution in [1.29, 1.82) is 0 Å². The van der Waals surface area contributed by atoms with E-state index in [1.165, 1.54) is 0 Å². The number of anilines is 1. The number of hydrogen-bond acceptors (Lipinski definition) is 3. The summed E-state index contributed by atoms with van der Waals surface area (Å²) in [5.74, 6) is 0. The number of rotatable bonds is 5. The van der Waals surface area contributed by atoms with Crippen molar-refractivity contribution in [2.24, 2.45) is 0 Å². The highest BCUT2D eigenvalue weighted by Gasteiger charge is 2.30. The van der Waals surface area contributed by atoms with Crippen molar-refractivity contribution in [1.82, 2.24) is 9.78 Å². The molecule has 0 saturated carbocycles. The largest absolute Gasteiger partial charge is 0.279 e. The van der Waals surface area contributed by atoms with E-state index in [1.54, 1.807) is 35.1 Å². The minimum absolute atomic E-state index is 0.172. The van der Waals surface area contributed by atoms with Crippen molar-refractivity contribution >= 4 is 27.3 Å². The van der Waals surface area contributed by atoms with E-state index in [9.17, 15) is 8.42 Å². The first-order chi connectivity index (χ1) is 12.6. The molecular formula is C20H22ClN3O2S. The number of aromatic nitrogens is 2. The highest BCUT2D eigenvalue weighted by molar-refractivity contribution is 7.92. The average molecular weight is 404 g/mol. The molecule has 0 unspecified atom stereocenters.